The average Bonchev–Trinajstić information content (AvgIpc) is 2.50. The van der Waals surface area contributed by atoms with Crippen LogP contribution >= 0.6 is 0 Å². The molecule has 0 aliphatic carbocycles. The zero-order valence-electron chi connectivity index (χ0n) is 11.9. The van der Waals surface area contributed by atoms with Crippen LogP contribution in [0.3, 0.4) is 0 Å². The molecular formula is C15H17FN4O. The molecule has 110 valence electrons. The van der Waals surface area contributed by atoms with Gasteiger partial charge in [-0.05, 0) is 25.5 Å². The Morgan fingerprint density at radius 1 is 1.29 bits per heavy atom. The quantitative estimate of drug-likeness (QED) is 0.887. The normalized spacial score (nSPS) is 11.8. The van der Waals surface area contributed by atoms with Gasteiger partial charge >= 0.3 is 0 Å². The summed E-state index contributed by atoms with van der Waals surface area (Å²) in [5, 5.41) is 5.61. The van der Waals surface area contributed by atoms with Gasteiger partial charge in [0, 0.05) is 6.04 Å². The molecule has 0 aliphatic heterocycles. The van der Waals surface area contributed by atoms with Gasteiger partial charge in [-0.1, -0.05) is 19.1 Å². The van der Waals surface area contributed by atoms with Crippen molar-refractivity contribution < 1.29 is 9.18 Å². The summed E-state index contributed by atoms with van der Waals surface area (Å²) in [6.07, 6.45) is 3.81. The van der Waals surface area contributed by atoms with Gasteiger partial charge in [-0.2, -0.15) is 0 Å². The maximum atomic E-state index is 13.5. The van der Waals surface area contributed by atoms with Crippen molar-refractivity contribution in [1.29, 1.82) is 0 Å². The number of carbonyl (C=O) groups excluding carboxylic acids is 1. The van der Waals surface area contributed by atoms with Crippen LogP contribution < -0.4 is 10.6 Å². The number of nitrogens with zero attached hydrogens (tertiary/aromatic N) is 2. The number of hydrogen-bond donors (Lipinski definition) is 2. The number of carbonyl (C=O) groups is 1. The SMILES string of the molecule is CCC(C)Nc1cnc(C(=O)Nc2ccccc2F)cn1. The molecule has 0 fully saturated rings. The fourth-order valence-electron chi connectivity index (χ4n) is 1.62. The molecule has 0 radical (unpaired) electrons. The molecule has 0 spiro atoms. The van der Waals surface area contributed by atoms with Crippen LogP contribution in [0.2, 0.25) is 0 Å². The lowest BCUT2D eigenvalue weighted by Gasteiger charge is -2.11. The van der Waals surface area contributed by atoms with Crippen LogP contribution in [0.25, 0.3) is 0 Å². The highest BCUT2D eigenvalue weighted by Crippen LogP contribution is 2.13. The van der Waals surface area contributed by atoms with E-state index in [4.69, 9.17) is 0 Å². The van der Waals surface area contributed by atoms with Crippen molar-refractivity contribution in [1.82, 2.24) is 9.97 Å². The van der Waals surface area contributed by atoms with Gasteiger partial charge in [0.2, 0.25) is 0 Å². The summed E-state index contributed by atoms with van der Waals surface area (Å²) in [5.41, 5.74) is 0.249. The van der Waals surface area contributed by atoms with E-state index in [1.807, 2.05) is 6.92 Å². The van der Waals surface area contributed by atoms with Gasteiger partial charge in [-0.3, -0.25) is 4.79 Å². The minimum atomic E-state index is -0.498. The second-order valence-corrected chi connectivity index (χ2v) is 4.67. The Morgan fingerprint density at radius 3 is 2.67 bits per heavy atom. The van der Waals surface area contributed by atoms with E-state index in [0.29, 0.717) is 5.82 Å². The fourth-order valence-corrected chi connectivity index (χ4v) is 1.62. The maximum absolute atomic E-state index is 13.5. The van der Waals surface area contributed by atoms with Crippen molar-refractivity contribution in [2.45, 2.75) is 26.3 Å². The Bertz CT molecular complexity index is 615. The second-order valence-electron chi connectivity index (χ2n) is 4.67. The Labute approximate surface area is 122 Å². The smallest absolute Gasteiger partial charge is 0.275 e. The van der Waals surface area contributed by atoms with E-state index in [0.717, 1.165) is 6.42 Å². The first-order valence-electron chi connectivity index (χ1n) is 6.74. The first-order chi connectivity index (χ1) is 10.1. The van der Waals surface area contributed by atoms with Gasteiger partial charge in [0.1, 0.15) is 17.3 Å². The fraction of sp³-hybridized carbons (Fsp3) is 0.267. The number of amides is 1. The summed E-state index contributed by atoms with van der Waals surface area (Å²) >= 11 is 0. The number of benzene rings is 1. The van der Waals surface area contributed by atoms with Gasteiger partial charge in [-0.25, -0.2) is 14.4 Å². The topological polar surface area (TPSA) is 66.9 Å². The summed E-state index contributed by atoms with van der Waals surface area (Å²) in [6, 6.07) is 6.24. The van der Waals surface area contributed by atoms with Crippen LogP contribution in [-0.4, -0.2) is 21.9 Å². The van der Waals surface area contributed by atoms with Crippen molar-refractivity contribution >= 4 is 17.4 Å². The lowest BCUT2D eigenvalue weighted by Crippen LogP contribution is -2.17. The van der Waals surface area contributed by atoms with E-state index in [1.54, 1.807) is 12.1 Å². The molecule has 21 heavy (non-hydrogen) atoms. The first-order valence-corrected chi connectivity index (χ1v) is 6.74. The monoisotopic (exact) mass is 288 g/mol. The molecule has 1 amide bonds. The van der Waals surface area contributed by atoms with Crippen molar-refractivity contribution in [3.63, 3.8) is 0 Å². The van der Waals surface area contributed by atoms with Gasteiger partial charge in [0.15, 0.2) is 0 Å². The minimum Gasteiger partial charge on any atom is -0.366 e. The van der Waals surface area contributed by atoms with Crippen LogP contribution in [0, 0.1) is 5.82 Å². The van der Waals surface area contributed by atoms with Gasteiger partial charge in [0.05, 0.1) is 18.1 Å². The van der Waals surface area contributed by atoms with Gasteiger partial charge in [-0.15, -0.1) is 0 Å². The predicted molar refractivity (Wildman–Crippen MR) is 79.8 cm³/mol. The van der Waals surface area contributed by atoms with Crippen molar-refractivity contribution in [2.75, 3.05) is 10.6 Å². The summed E-state index contributed by atoms with van der Waals surface area (Å²) in [6.45, 7) is 4.09. The largest absolute Gasteiger partial charge is 0.366 e. The molecule has 1 aromatic carbocycles. The van der Waals surface area contributed by atoms with Gasteiger partial charge < -0.3 is 10.6 Å². The molecule has 0 bridgehead atoms. The highest BCUT2D eigenvalue weighted by molar-refractivity contribution is 6.02. The highest BCUT2D eigenvalue weighted by atomic mass is 19.1. The molecule has 2 aromatic rings. The lowest BCUT2D eigenvalue weighted by molar-refractivity contribution is 0.102. The third-order valence-corrected chi connectivity index (χ3v) is 3.01. The third-order valence-electron chi connectivity index (χ3n) is 3.01. The lowest BCUT2D eigenvalue weighted by atomic mass is 10.2. The summed E-state index contributed by atoms with van der Waals surface area (Å²) in [7, 11) is 0. The molecular weight excluding hydrogens is 271 g/mol. The van der Waals surface area contributed by atoms with Crippen molar-refractivity contribution in [2.24, 2.45) is 0 Å². The zero-order chi connectivity index (χ0) is 15.2. The molecule has 1 heterocycles. The van der Waals surface area contributed by atoms with E-state index >= 15 is 0 Å². The highest BCUT2D eigenvalue weighted by Gasteiger charge is 2.11. The summed E-state index contributed by atoms with van der Waals surface area (Å²) in [5.74, 6) is -0.386. The molecule has 2 rings (SSSR count). The van der Waals surface area contributed by atoms with E-state index in [-0.39, 0.29) is 17.4 Å². The van der Waals surface area contributed by atoms with Crippen LogP contribution in [-0.2, 0) is 0 Å². The molecule has 1 unspecified atom stereocenters. The standard InChI is InChI=1S/C15H17FN4O/c1-3-10(2)19-14-9-17-13(8-18-14)15(21)20-12-7-5-4-6-11(12)16/h4-10H,3H2,1-2H3,(H,18,19)(H,20,21). The molecule has 5 nitrogen and oxygen atoms in total. The zero-order valence-corrected chi connectivity index (χ0v) is 11.9. The summed E-state index contributed by atoms with van der Waals surface area (Å²) < 4.78 is 13.5. The summed E-state index contributed by atoms with van der Waals surface area (Å²) in [4.78, 5) is 20.1. The Hall–Kier alpha value is -2.50. The number of nitrogens with one attached hydrogen (secondary N) is 2. The van der Waals surface area contributed by atoms with Crippen molar-refractivity contribution in [3.8, 4) is 0 Å². The molecule has 1 aromatic heterocycles. The Balaban J connectivity index is 2.05. The molecule has 1 atom stereocenters. The number of para-hydroxylation sites is 1. The van der Waals surface area contributed by atoms with Crippen LogP contribution in [0.4, 0.5) is 15.9 Å². The average molecular weight is 288 g/mol. The van der Waals surface area contributed by atoms with E-state index in [9.17, 15) is 9.18 Å². The van der Waals surface area contributed by atoms with E-state index < -0.39 is 11.7 Å². The van der Waals surface area contributed by atoms with Crippen LogP contribution in [0.1, 0.15) is 30.8 Å². The number of halogens is 1. The second kappa shape index (κ2) is 6.78. The molecule has 2 N–H and O–H groups in total. The predicted octanol–water partition coefficient (Wildman–Crippen LogP) is 3.08. The molecule has 0 aliphatic rings. The minimum absolute atomic E-state index is 0.117. The molecule has 6 heteroatoms. The third kappa shape index (κ3) is 3.98. The van der Waals surface area contributed by atoms with E-state index in [1.165, 1.54) is 24.5 Å². The first kappa shape index (κ1) is 14.9. The molecule has 0 saturated carbocycles. The number of anilines is 2. The molecule has 0 saturated heterocycles. The Kier molecular flexibility index (Phi) is 4.81. The van der Waals surface area contributed by atoms with Crippen molar-refractivity contribution in [3.05, 3.63) is 48.2 Å². The van der Waals surface area contributed by atoms with Crippen LogP contribution in [0.15, 0.2) is 36.7 Å². The maximum Gasteiger partial charge on any atom is 0.275 e. The Morgan fingerprint density at radius 2 is 2.05 bits per heavy atom. The number of hydrogen-bond acceptors (Lipinski definition) is 4. The number of aromatic nitrogens is 2. The van der Waals surface area contributed by atoms with Crippen LogP contribution in [0.5, 0.6) is 0 Å². The number of rotatable bonds is 5. The van der Waals surface area contributed by atoms with Gasteiger partial charge in [0.25, 0.3) is 5.91 Å². The van der Waals surface area contributed by atoms with E-state index in [2.05, 4.69) is 27.5 Å².